The van der Waals surface area contributed by atoms with Crippen LogP contribution in [0.1, 0.15) is 32.2 Å². The van der Waals surface area contributed by atoms with Crippen molar-refractivity contribution < 1.29 is 23.8 Å². The summed E-state index contributed by atoms with van der Waals surface area (Å²) >= 11 is 6.08. The molecular weight excluding hydrogens is 374 g/mol. The second kappa shape index (κ2) is 7.96. The predicted molar refractivity (Wildman–Crippen MR) is 98.6 cm³/mol. The van der Waals surface area contributed by atoms with E-state index in [0.29, 0.717) is 22.0 Å². The van der Waals surface area contributed by atoms with Gasteiger partial charge in [0.25, 0.3) is 0 Å². The number of carboxylic acid groups (broad SMARTS) is 1. The van der Waals surface area contributed by atoms with Crippen molar-refractivity contribution in [3.8, 4) is 11.5 Å². The van der Waals surface area contributed by atoms with Crippen molar-refractivity contribution in [3.63, 3.8) is 0 Å². The molecule has 0 aliphatic heterocycles. The quantitative estimate of drug-likeness (QED) is 0.824. The van der Waals surface area contributed by atoms with Crippen LogP contribution in [0.3, 0.4) is 0 Å². The van der Waals surface area contributed by atoms with Crippen LogP contribution in [0.5, 0.6) is 0 Å². The highest BCUT2D eigenvalue weighted by Crippen LogP contribution is 2.27. The number of carbonyl (C=O) groups excluding carboxylic acids is 1. The lowest BCUT2D eigenvalue weighted by molar-refractivity contribution is -0.142. The zero-order valence-electron chi connectivity index (χ0n) is 15.8. The van der Waals surface area contributed by atoms with E-state index in [2.05, 4.69) is 10.2 Å². The number of hydrogen-bond acceptors (Lipinski definition) is 6. The van der Waals surface area contributed by atoms with E-state index in [9.17, 15) is 14.7 Å². The Morgan fingerprint density at radius 1 is 1.33 bits per heavy atom. The first-order chi connectivity index (χ1) is 12.5. The lowest BCUT2D eigenvalue weighted by Gasteiger charge is -2.28. The summed E-state index contributed by atoms with van der Waals surface area (Å²) in [6.45, 7) is 6.78. The van der Waals surface area contributed by atoms with Crippen LogP contribution >= 0.6 is 11.6 Å². The molecule has 2 rings (SSSR count). The number of aryl methyl sites for hydroxylation is 1. The van der Waals surface area contributed by atoms with Gasteiger partial charge in [0, 0.05) is 31.0 Å². The number of carbonyl (C=O) groups is 2. The van der Waals surface area contributed by atoms with Crippen molar-refractivity contribution >= 4 is 23.7 Å². The fourth-order valence-electron chi connectivity index (χ4n) is 2.40. The number of hydrogen-bond donors (Lipinski definition) is 1. The molecule has 146 valence electrons. The molecule has 0 saturated carbocycles. The fraction of sp³-hybridized carbons (Fsp3) is 0.444. The molecule has 8 nitrogen and oxygen atoms in total. The van der Waals surface area contributed by atoms with Crippen LogP contribution in [-0.4, -0.2) is 51.0 Å². The maximum absolute atomic E-state index is 12.3. The molecule has 2 aromatic rings. The number of carboxylic acids is 1. The Morgan fingerprint density at radius 3 is 2.52 bits per heavy atom. The molecule has 27 heavy (non-hydrogen) atoms. The highest BCUT2D eigenvalue weighted by atomic mass is 35.5. The molecule has 1 aromatic carbocycles. The molecule has 0 aliphatic carbocycles. The molecule has 0 spiro atoms. The summed E-state index contributed by atoms with van der Waals surface area (Å²) in [4.78, 5) is 25.2. The van der Waals surface area contributed by atoms with Crippen LogP contribution in [0.25, 0.3) is 11.5 Å². The number of amides is 1. The number of ether oxygens (including phenoxy) is 1. The number of likely N-dealkylation sites (N-methyl/N-ethyl adjacent to an activating group) is 1. The Balaban J connectivity index is 2.35. The van der Waals surface area contributed by atoms with E-state index < -0.39 is 23.7 Å². The van der Waals surface area contributed by atoms with Gasteiger partial charge in [-0.05, 0) is 44.5 Å². The summed E-state index contributed by atoms with van der Waals surface area (Å²) in [7, 11) is 1.38. The summed E-state index contributed by atoms with van der Waals surface area (Å²) in [5.41, 5.74) is 0.384. The number of benzene rings is 1. The third-order valence-corrected chi connectivity index (χ3v) is 3.91. The minimum absolute atomic E-state index is 0.0115. The van der Waals surface area contributed by atoms with E-state index in [1.807, 2.05) is 0 Å². The molecule has 0 saturated heterocycles. The van der Waals surface area contributed by atoms with Gasteiger partial charge in [-0.1, -0.05) is 11.6 Å². The first-order valence-corrected chi connectivity index (χ1v) is 8.63. The molecule has 1 N–H and O–H groups in total. The van der Waals surface area contributed by atoms with Crippen LogP contribution in [-0.2, 0) is 16.0 Å². The Kier molecular flexibility index (Phi) is 6.10. The molecule has 9 heteroatoms. The maximum atomic E-state index is 12.3. The topological polar surface area (TPSA) is 106 Å². The average molecular weight is 396 g/mol. The second-order valence-electron chi connectivity index (χ2n) is 7.08. The predicted octanol–water partition coefficient (Wildman–Crippen LogP) is 3.56. The number of rotatable bonds is 5. The zero-order valence-corrected chi connectivity index (χ0v) is 16.6. The van der Waals surface area contributed by atoms with Crippen molar-refractivity contribution in [3.05, 3.63) is 34.7 Å². The summed E-state index contributed by atoms with van der Waals surface area (Å²) in [5, 5.41) is 17.8. The third-order valence-electron chi connectivity index (χ3n) is 3.67. The molecule has 1 atom stereocenters. The largest absolute Gasteiger partial charge is 0.480 e. The van der Waals surface area contributed by atoms with Crippen LogP contribution in [0.4, 0.5) is 4.79 Å². The van der Waals surface area contributed by atoms with E-state index in [0.717, 1.165) is 4.90 Å². The molecule has 0 fully saturated rings. The molecule has 0 bridgehead atoms. The average Bonchev–Trinajstić information content (AvgIpc) is 2.96. The van der Waals surface area contributed by atoms with E-state index in [-0.39, 0.29) is 12.3 Å². The standard InChI is InChI=1S/C18H22ClN3O5/c1-10-20-21-15(26-10)13-7-6-12(19)8-11(13)9-14(16(23)24)22(5)17(25)27-18(2,3)4/h6-8,14H,9H2,1-5H3,(H,23,24)/t14-/m0/s1. The molecule has 0 unspecified atom stereocenters. The SMILES string of the molecule is Cc1nnc(-c2ccc(Cl)cc2C[C@@H](C(=O)O)N(C)C(=O)OC(C)(C)C)o1. The van der Waals surface area contributed by atoms with Crippen LogP contribution in [0.2, 0.25) is 5.02 Å². The van der Waals surface area contributed by atoms with Crippen molar-refractivity contribution in [2.45, 2.75) is 45.8 Å². The van der Waals surface area contributed by atoms with Gasteiger partial charge in [-0.3, -0.25) is 4.90 Å². The Bertz CT molecular complexity index is 844. The van der Waals surface area contributed by atoms with E-state index in [4.69, 9.17) is 20.8 Å². The molecule has 0 radical (unpaired) electrons. The molecule has 1 aromatic heterocycles. The Labute approximate surface area is 162 Å². The van der Waals surface area contributed by atoms with Crippen molar-refractivity contribution in [2.24, 2.45) is 0 Å². The zero-order chi connectivity index (χ0) is 20.4. The minimum atomic E-state index is -1.17. The van der Waals surface area contributed by atoms with Gasteiger partial charge < -0.3 is 14.3 Å². The summed E-state index contributed by atoms with van der Waals surface area (Å²) in [6.07, 6.45) is -0.741. The van der Waals surface area contributed by atoms with Crippen molar-refractivity contribution in [1.29, 1.82) is 0 Å². The maximum Gasteiger partial charge on any atom is 0.410 e. The molecular formula is C18H22ClN3O5. The fourth-order valence-corrected chi connectivity index (χ4v) is 2.60. The first kappa shape index (κ1) is 20.7. The number of nitrogens with zero attached hydrogens (tertiary/aromatic N) is 3. The number of halogens is 1. The second-order valence-corrected chi connectivity index (χ2v) is 7.51. The van der Waals surface area contributed by atoms with Gasteiger partial charge in [0.15, 0.2) is 0 Å². The number of aromatic nitrogens is 2. The first-order valence-electron chi connectivity index (χ1n) is 8.25. The monoisotopic (exact) mass is 395 g/mol. The minimum Gasteiger partial charge on any atom is -0.480 e. The molecule has 1 heterocycles. The number of aliphatic carboxylic acids is 1. The van der Waals surface area contributed by atoms with Gasteiger partial charge in [0.1, 0.15) is 11.6 Å². The third kappa shape index (κ3) is 5.43. The van der Waals surface area contributed by atoms with E-state index in [1.54, 1.807) is 45.9 Å². The summed E-state index contributed by atoms with van der Waals surface area (Å²) < 4.78 is 10.7. The van der Waals surface area contributed by atoms with Crippen molar-refractivity contribution in [1.82, 2.24) is 15.1 Å². The Hall–Kier alpha value is -2.61. The van der Waals surface area contributed by atoms with Gasteiger partial charge in [0.2, 0.25) is 11.8 Å². The molecule has 0 aliphatic rings. The van der Waals surface area contributed by atoms with Gasteiger partial charge in [0.05, 0.1) is 0 Å². The smallest absolute Gasteiger partial charge is 0.410 e. The highest BCUT2D eigenvalue weighted by molar-refractivity contribution is 6.30. The van der Waals surface area contributed by atoms with Gasteiger partial charge in [-0.2, -0.15) is 0 Å². The summed E-state index contributed by atoms with van der Waals surface area (Å²) in [5.74, 6) is -0.536. The Morgan fingerprint density at radius 2 is 2.00 bits per heavy atom. The lowest BCUT2D eigenvalue weighted by Crippen LogP contribution is -2.46. The highest BCUT2D eigenvalue weighted by Gasteiger charge is 2.31. The van der Waals surface area contributed by atoms with Crippen LogP contribution in [0, 0.1) is 6.92 Å². The van der Waals surface area contributed by atoms with Crippen LogP contribution < -0.4 is 0 Å². The van der Waals surface area contributed by atoms with Crippen LogP contribution in [0.15, 0.2) is 22.6 Å². The lowest BCUT2D eigenvalue weighted by atomic mass is 9.99. The van der Waals surface area contributed by atoms with Gasteiger partial charge in [-0.25, -0.2) is 9.59 Å². The summed E-state index contributed by atoms with van der Waals surface area (Å²) in [6, 6.07) is 3.78. The molecule has 1 amide bonds. The van der Waals surface area contributed by atoms with Gasteiger partial charge >= 0.3 is 12.1 Å². The van der Waals surface area contributed by atoms with E-state index in [1.165, 1.54) is 7.05 Å². The van der Waals surface area contributed by atoms with Crippen molar-refractivity contribution in [2.75, 3.05) is 7.05 Å². The normalized spacial score (nSPS) is 12.5. The van der Waals surface area contributed by atoms with E-state index >= 15 is 0 Å². The van der Waals surface area contributed by atoms with Gasteiger partial charge in [-0.15, -0.1) is 10.2 Å².